The SMILES string of the molecule is CC(C)N1CC(CN(C)Cc2ccon2)CCC1=O. The first-order valence-corrected chi connectivity index (χ1v) is 6.93. The van der Waals surface area contributed by atoms with Crippen molar-refractivity contribution in [2.45, 2.75) is 39.3 Å². The molecule has 1 amide bonds. The number of piperidine rings is 1. The van der Waals surface area contributed by atoms with Gasteiger partial charge in [-0.1, -0.05) is 5.16 Å². The van der Waals surface area contributed by atoms with Crippen LogP contribution in [0.15, 0.2) is 16.9 Å². The highest BCUT2D eigenvalue weighted by molar-refractivity contribution is 5.77. The lowest BCUT2D eigenvalue weighted by atomic mass is 9.96. The summed E-state index contributed by atoms with van der Waals surface area (Å²) >= 11 is 0. The Morgan fingerprint density at radius 1 is 1.58 bits per heavy atom. The molecule has 0 saturated carbocycles. The lowest BCUT2D eigenvalue weighted by Crippen LogP contribution is -2.46. The van der Waals surface area contributed by atoms with Crippen LogP contribution in [0.5, 0.6) is 0 Å². The van der Waals surface area contributed by atoms with Crippen molar-refractivity contribution in [1.29, 1.82) is 0 Å². The van der Waals surface area contributed by atoms with Crippen LogP contribution in [0.3, 0.4) is 0 Å². The van der Waals surface area contributed by atoms with Crippen molar-refractivity contribution in [3.05, 3.63) is 18.0 Å². The van der Waals surface area contributed by atoms with Crippen molar-refractivity contribution >= 4 is 5.91 Å². The second-order valence-electron chi connectivity index (χ2n) is 5.73. The van der Waals surface area contributed by atoms with Gasteiger partial charge in [-0.25, -0.2) is 0 Å². The van der Waals surface area contributed by atoms with Crippen LogP contribution in [0.4, 0.5) is 0 Å². The molecule has 1 aromatic rings. The summed E-state index contributed by atoms with van der Waals surface area (Å²) in [4.78, 5) is 16.1. The Balaban J connectivity index is 1.83. The van der Waals surface area contributed by atoms with Gasteiger partial charge < -0.3 is 14.3 Å². The Morgan fingerprint density at radius 3 is 3.00 bits per heavy atom. The molecule has 1 aliphatic rings. The van der Waals surface area contributed by atoms with Gasteiger partial charge in [0.05, 0.1) is 5.69 Å². The second kappa shape index (κ2) is 6.19. The lowest BCUT2D eigenvalue weighted by molar-refractivity contribution is -0.136. The molecule has 0 aromatic carbocycles. The maximum atomic E-state index is 11.8. The van der Waals surface area contributed by atoms with Gasteiger partial charge in [-0.05, 0) is 33.2 Å². The molecule has 1 fully saturated rings. The molecule has 5 nitrogen and oxygen atoms in total. The van der Waals surface area contributed by atoms with Crippen LogP contribution in [-0.2, 0) is 11.3 Å². The van der Waals surface area contributed by atoms with Crippen LogP contribution < -0.4 is 0 Å². The number of aromatic nitrogens is 1. The minimum atomic E-state index is 0.297. The molecular weight excluding hydrogens is 242 g/mol. The molecule has 5 heteroatoms. The minimum Gasteiger partial charge on any atom is -0.364 e. The van der Waals surface area contributed by atoms with Crippen LogP contribution in [0.2, 0.25) is 0 Å². The minimum absolute atomic E-state index is 0.297. The smallest absolute Gasteiger partial charge is 0.222 e. The molecule has 106 valence electrons. The highest BCUT2D eigenvalue weighted by Crippen LogP contribution is 2.20. The van der Waals surface area contributed by atoms with Crippen LogP contribution in [0.1, 0.15) is 32.4 Å². The van der Waals surface area contributed by atoms with Gasteiger partial charge in [-0.2, -0.15) is 0 Å². The van der Waals surface area contributed by atoms with Crippen molar-refractivity contribution in [1.82, 2.24) is 15.0 Å². The molecule has 2 rings (SSSR count). The van der Waals surface area contributed by atoms with Crippen molar-refractivity contribution < 1.29 is 9.32 Å². The second-order valence-corrected chi connectivity index (χ2v) is 5.73. The van der Waals surface area contributed by atoms with E-state index >= 15 is 0 Å². The average Bonchev–Trinajstić information content (AvgIpc) is 2.84. The van der Waals surface area contributed by atoms with Crippen LogP contribution in [0, 0.1) is 5.92 Å². The predicted octanol–water partition coefficient (Wildman–Crippen LogP) is 1.75. The van der Waals surface area contributed by atoms with Gasteiger partial charge in [0, 0.05) is 38.2 Å². The Bertz CT molecular complexity index is 403. The first kappa shape index (κ1) is 14.1. The number of nitrogens with zero attached hydrogens (tertiary/aromatic N) is 3. The van der Waals surface area contributed by atoms with E-state index in [2.05, 4.69) is 31.0 Å². The van der Waals surface area contributed by atoms with Crippen molar-refractivity contribution in [2.24, 2.45) is 5.92 Å². The van der Waals surface area contributed by atoms with Crippen molar-refractivity contribution in [3.8, 4) is 0 Å². The number of hydrogen-bond donors (Lipinski definition) is 0. The molecule has 0 radical (unpaired) electrons. The molecule has 0 aliphatic carbocycles. The van der Waals surface area contributed by atoms with E-state index in [1.54, 1.807) is 6.26 Å². The van der Waals surface area contributed by atoms with E-state index in [1.807, 2.05) is 11.0 Å². The Morgan fingerprint density at radius 2 is 2.37 bits per heavy atom. The predicted molar refractivity (Wildman–Crippen MR) is 72.4 cm³/mol. The highest BCUT2D eigenvalue weighted by atomic mass is 16.5. The van der Waals surface area contributed by atoms with Crippen LogP contribution >= 0.6 is 0 Å². The fraction of sp³-hybridized carbons (Fsp3) is 0.714. The van der Waals surface area contributed by atoms with Gasteiger partial charge in [0.1, 0.15) is 6.26 Å². The molecule has 1 aromatic heterocycles. The maximum absolute atomic E-state index is 11.8. The standard InChI is InChI=1S/C14H23N3O2/c1-11(2)17-9-12(4-5-14(17)18)8-16(3)10-13-6-7-19-15-13/h6-7,11-12H,4-5,8-10H2,1-3H3. The van der Waals surface area contributed by atoms with Gasteiger partial charge >= 0.3 is 0 Å². The molecule has 0 bridgehead atoms. The number of rotatable bonds is 5. The van der Waals surface area contributed by atoms with E-state index in [4.69, 9.17) is 4.52 Å². The normalized spacial score (nSPS) is 20.6. The highest BCUT2D eigenvalue weighted by Gasteiger charge is 2.27. The summed E-state index contributed by atoms with van der Waals surface area (Å²) in [5.41, 5.74) is 0.954. The molecule has 0 spiro atoms. The van der Waals surface area contributed by atoms with E-state index in [1.165, 1.54) is 0 Å². The summed E-state index contributed by atoms with van der Waals surface area (Å²) in [5.74, 6) is 0.849. The fourth-order valence-electron chi connectivity index (χ4n) is 2.69. The van der Waals surface area contributed by atoms with Crippen LogP contribution in [-0.4, -0.2) is 47.0 Å². The zero-order chi connectivity index (χ0) is 13.8. The zero-order valence-electron chi connectivity index (χ0n) is 12.0. The van der Waals surface area contributed by atoms with E-state index in [9.17, 15) is 4.79 Å². The van der Waals surface area contributed by atoms with Crippen LogP contribution in [0.25, 0.3) is 0 Å². The summed E-state index contributed by atoms with van der Waals surface area (Å²) in [6, 6.07) is 2.19. The molecule has 1 unspecified atom stereocenters. The molecule has 1 aliphatic heterocycles. The largest absolute Gasteiger partial charge is 0.364 e. The third-order valence-electron chi connectivity index (χ3n) is 3.66. The van der Waals surface area contributed by atoms with E-state index in [0.29, 0.717) is 24.3 Å². The van der Waals surface area contributed by atoms with Crippen molar-refractivity contribution in [2.75, 3.05) is 20.1 Å². The van der Waals surface area contributed by atoms with Gasteiger partial charge in [0.2, 0.25) is 5.91 Å². The topological polar surface area (TPSA) is 49.6 Å². The molecule has 2 heterocycles. The summed E-state index contributed by atoms with van der Waals surface area (Å²) < 4.78 is 4.84. The monoisotopic (exact) mass is 265 g/mol. The third-order valence-corrected chi connectivity index (χ3v) is 3.66. The Hall–Kier alpha value is -1.36. The molecule has 19 heavy (non-hydrogen) atoms. The summed E-state index contributed by atoms with van der Waals surface area (Å²) in [6.45, 7) is 6.82. The van der Waals surface area contributed by atoms with Gasteiger partial charge in [0.15, 0.2) is 0 Å². The van der Waals surface area contributed by atoms with E-state index in [0.717, 1.165) is 31.7 Å². The molecule has 1 saturated heterocycles. The molecule has 1 atom stereocenters. The fourth-order valence-corrected chi connectivity index (χ4v) is 2.69. The van der Waals surface area contributed by atoms with Crippen molar-refractivity contribution in [3.63, 3.8) is 0 Å². The Kier molecular flexibility index (Phi) is 4.58. The Labute approximate surface area is 114 Å². The third kappa shape index (κ3) is 3.80. The lowest BCUT2D eigenvalue weighted by Gasteiger charge is -2.36. The quantitative estimate of drug-likeness (QED) is 0.814. The van der Waals surface area contributed by atoms with E-state index < -0.39 is 0 Å². The molecular formula is C14H23N3O2. The average molecular weight is 265 g/mol. The summed E-state index contributed by atoms with van der Waals surface area (Å²) in [6.07, 6.45) is 3.27. The first-order valence-electron chi connectivity index (χ1n) is 6.93. The summed E-state index contributed by atoms with van der Waals surface area (Å²) in [7, 11) is 2.09. The first-order chi connectivity index (χ1) is 9.06. The number of likely N-dealkylation sites (tertiary alicyclic amines) is 1. The zero-order valence-corrected chi connectivity index (χ0v) is 12.0. The van der Waals surface area contributed by atoms with Gasteiger partial charge in [-0.3, -0.25) is 4.79 Å². The summed E-state index contributed by atoms with van der Waals surface area (Å²) in [5, 5.41) is 3.92. The molecule has 0 N–H and O–H groups in total. The number of carbonyl (C=O) groups is 1. The van der Waals surface area contributed by atoms with Gasteiger partial charge in [-0.15, -0.1) is 0 Å². The number of carbonyl (C=O) groups excluding carboxylic acids is 1. The van der Waals surface area contributed by atoms with E-state index in [-0.39, 0.29) is 0 Å². The number of hydrogen-bond acceptors (Lipinski definition) is 4. The maximum Gasteiger partial charge on any atom is 0.222 e. The van der Waals surface area contributed by atoms with Gasteiger partial charge in [0.25, 0.3) is 0 Å². The number of amides is 1.